The highest BCUT2D eigenvalue weighted by Gasteiger charge is 2.12. The average molecular weight is 247 g/mol. The fraction of sp³-hybridized carbons (Fsp3) is 0.0909. The number of nitrogens with one attached hydrogen (secondary N) is 2. The van der Waals surface area contributed by atoms with E-state index < -0.39 is 0 Å². The van der Waals surface area contributed by atoms with Crippen molar-refractivity contribution < 1.29 is 9.21 Å². The molecule has 3 heterocycles. The second-order valence-corrected chi connectivity index (χ2v) is 4.49. The molecule has 0 fully saturated rings. The highest BCUT2D eigenvalue weighted by atomic mass is 32.1. The Morgan fingerprint density at radius 1 is 1.59 bits per heavy atom. The average Bonchev–Trinajstić information content (AvgIpc) is 2.92. The molecule has 6 heteroatoms. The molecule has 0 unspecified atom stereocenters. The smallest absolute Gasteiger partial charge is 0.274 e. The third kappa shape index (κ3) is 1.83. The van der Waals surface area contributed by atoms with Crippen molar-refractivity contribution in [2.75, 3.05) is 5.32 Å². The summed E-state index contributed by atoms with van der Waals surface area (Å²) >= 11 is 1.40. The van der Waals surface area contributed by atoms with Gasteiger partial charge >= 0.3 is 0 Å². The Morgan fingerprint density at radius 3 is 3.18 bits per heavy atom. The first-order valence-electron chi connectivity index (χ1n) is 5.02. The Kier molecular flexibility index (Phi) is 2.22. The van der Waals surface area contributed by atoms with Gasteiger partial charge in [0.15, 0.2) is 10.7 Å². The summed E-state index contributed by atoms with van der Waals surface area (Å²) in [5.74, 6) is -0.217. The quantitative estimate of drug-likeness (QED) is 0.731. The zero-order chi connectivity index (χ0) is 11.8. The van der Waals surface area contributed by atoms with E-state index in [1.165, 1.54) is 11.3 Å². The monoisotopic (exact) mass is 247 g/mol. The first kappa shape index (κ1) is 10.1. The normalized spacial score (nSPS) is 10.9. The summed E-state index contributed by atoms with van der Waals surface area (Å²) in [6, 6.07) is 3.45. The molecule has 0 aliphatic heterocycles. The second-order valence-electron chi connectivity index (χ2n) is 3.63. The number of carbonyl (C=O) groups excluding carboxylic acids is 1. The van der Waals surface area contributed by atoms with Crippen LogP contribution in [-0.2, 0) is 0 Å². The van der Waals surface area contributed by atoms with E-state index >= 15 is 0 Å². The Balaban J connectivity index is 1.84. The Hall–Kier alpha value is -2.08. The van der Waals surface area contributed by atoms with Crippen LogP contribution in [0.4, 0.5) is 5.13 Å². The van der Waals surface area contributed by atoms with E-state index in [0.717, 1.165) is 11.2 Å². The first-order chi connectivity index (χ1) is 8.22. The van der Waals surface area contributed by atoms with Crippen LogP contribution < -0.4 is 5.32 Å². The molecule has 0 bridgehead atoms. The van der Waals surface area contributed by atoms with Gasteiger partial charge in [0, 0.05) is 17.5 Å². The second kappa shape index (κ2) is 3.74. The van der Waals surface area contributed by atoms with Crippen LogP contribution in [0.2, 0.25) is 0 Å². The third-order valence-corrected chi connectivity index (χ3v) is 3.20. The van der Waals surface area contributed by atoms with Gasteiger partial charge in [0.25, 0.3) is 5.91 Å². The maximum atomic E-state index is 11.9. The van der Waals surface area contributed by atoms with Crippen LogP contribution in [-0.4, -0.2) is 15.9 Å². The number of hydrogen-bond acceptors (Lipinski definition) is 4. The van der Waals surface area contributed by atoms with Crippen molar-refractivity contribution >= 4 is 33.5 Å². The Bertz CT molecular complexity index is 651. The third-order valence-electron chi connectivity index (χ3n) is 2.32. The lowest BCUT2D eigenvalue weighted by atomic mass is 10.4. The number of hydrogen-bond donors (Lipinski definition) is 2. The topological polar surface area (TPSA) is 70.9 Å². The maximum Gasteiger partial charge on any atom is 0.274 e. The van der Waals surface area contributed by atoms with Gasteiger partial charge in [-0.25, -0.2) is 4.98 Å². The minimum absolute atomic E-state index is 0.217. The van der Waals surface area contributed by atoms with Crippen LogP contribution in [0.15, 0.2) is 28.2 Å². The molecular weight excluding hydrogens is 238 g/mol. The van der Waals surface area contributed by atoms with Crippen LogP contribution in [0.3, 0.4) is 0 Å². The summed E-state index contributed by atoms with van der Waals surface area (Å²) in [6.45, 7) is 1.88. The molecule has 0 spiro atoms. The van der Waals surface area contributed by atoms with Crippen molar-refractivity contribution in [1.29, 1.82) is 0 Å². The minimum atomic E-state index is -0.217. The van der Waals surface area contributed by atoms with E-state index in [0.29, 0.717) is 16.4 Å². The Morgan fingerprint density at radius 2 is 2.47 bits per heavy atom. The van der Waals surface area contributed by atoms with Gasteiger partial charge in [-0.3, -0.25) is 10.1 Å². The number of rotatable bonds is 2. The standard InChI is InChI=1S/C11H9N3O2S/c1-6-5-17-11(12-6)14-10(15)8-4-9-7(13-8)2-3-16-9/h2-5,13H,1H3,(H,12,14,15). The number of anilines is 1. The maximum absolute atomic E-state index is 11.9. The molecule has 3 rings (SSSR count). The van der Waals surface area contributed by atoms with Crippen molar-refractivity contribution in [3.63, 3.8) is 0 Å². The molecule has 0 radical (unpaired) electrons. The summed E-state index contributed by atoms with van der Waals surface area (Å²) in [6.07, 6.45) is 1.58. The molecule has 17 heavy (non-hydrogen) atoms. The highest BCUT2D eigenvalue weighted by molar-refractivity contribution is 7.13. The highest BCUT2D eigenvalue weighted by Crippen LogP contribution is 2.19. The van der Waals surface area contributed by atoms with Crippen molar-refractivity contribution in [2.45, 2.75) is 6.92 Å². The first-order valence-corrected chi connectivity index (χ1v) is 5.90. The predicted molar refractivity (Wildman–Crippen MR) is 65.4 cm³/mol. The van der Waals surface area contributed by atoms with E-state index in [2.05, 4.69) is 15.3 Å². The molecule has 0 atom stereocenters. The SMILES string of the molecule is Cc1csc(NC(=O)c2cc3occc3[nH]2)n1. The molecule has 0 saturated heterocycles. The Labute approximate surface area is 100 Å². The van der Waals surface area contributed by atoms with Gasteiger partial charge in [0.1, 0.15) is 5.69 Å². The number of aromatic nitrogens is 2. The molecule has 0 saturated carbocycles. The van der Waals surface area contributed by atoms with E-state index in [9.17, 15) is 4.79 Å². The molecule has 3 aromatic rings. The molecule has 3 aromatic heterocycles. The van der Waals surface area contributed by atoms with E-state index in [1.807, 2.05) is 12.3 Å². The van der Waals surface area contributed by atoms with Crippen LogP contribution in [0.25, 0.3) is 11.1 Å². The largest absolute Gasteiger partial charge is 0.463 e. The molecule has 0 aliphatic carbocycles. The van der Waals surface area contributed by atoms with E-state index in [4.69, 9.17) is 4.42 Å². The van der Waals surface area contributed by atoms with Gasteiger partial charge in [0.05, 0.1) is 17.5 Å². The summed E-state index contributed by atoms with van der Waals surface area (Å²) in [7, 11) is 0. The summed E-state index contributed by atoms with van der Waals surface area (Å²) in [4.78, 5) is 19.0. The number of H-pyrrole nitrogens is 1. The predicted octanol–water partition coefficient (Wildman–Crippen LogP) is 2.78. The lowest BCUT2D eigenvalue weighted by Gasteiger charge is -1.97. The van der Waals surface area contributed by atoms with Crippen molar-refractivity contribution in [3.8, 4) is 0 Å². The van der Waals surface area contributed by atoms with E-state index in [-0.39, 0.29) is 5.91 Å². The number of carbonyl (C=O) groups is 1. The van der Waals surface area contributed by atoms with Gasteiger partial charge in [-0.15, -0.1) is 11.3 Å². The number of thiazole rings is 1. The van der Waals surface area contributed by atoms with Crippen LogP contribution in [0, 0.1) is 6.92 Å². The lowest BCUT2D eigenvalue weighted by Crippen LogP contribution is -2.11. The van der Waals surface area contributed by atoms with E-state index in [1.54, 1.807) is 18.4 Å². The number of aryl methyl sites for hydroxylation is 1. The number of aromatic amines is 1. The van der Waals surface area contributed by atoms with Gasteiger partial charge in [-0.05, 0) is 6.92 Å². The molecule has 86 valence electrons. The molecule has 2 N–H and O–H groups in total. The van der Waals surface area contributed by atoms with Gasteiger partial charge in [-0.1, -0.05) is 0 Å². The number of furan rings is 1. The zero-order valence-corrected chi connectivity index (χ0v) is 9.80. The summed E-state index contributed by atoms with van der Waals surface area (Å²) < 4.78 is 5.18. The van der Waals surface area contributed by atoms with Crippen LogP contribution >= 0.6 is 11.3 Å². The fourth-order valence-electron chi connectivity index (χ4n) is 1.55. The fourth-order valence-corrected chi connectivity index (χ4v) is 2.23. The lowest BCUT2D eigenvalue weighted by molar-refractivity contribution is 0.102. The zero-order valence-electron chi connectivity index (χ0n) is 8.98. The van der Waals surface area contributed by atoms with Crippen molar-refractivity contribution in [1.82, 2.24) is 9.97 Å². The summed E-state index contributed by atoms with van der Waals surface area (Å²) in [5.41, 5.74) is 2.84. The summed E-state index contributed by atoms with van der Waals surface area (Å²) in [5, 5.41) is 5.21. The van der Waals surface area contributed by atoms with Gasteiger partial charge < -0.3 is 9.40 Å². The van der Waals surface area contributed by atoms with Crippen LogP contribution in [0.5, 0.6) is 0 Å². The molecule has 0 aliphatic rings. The minimum Gasteiger partial charge on any atom is -0.463 e. The molecular formula is C11H9N3O2S. The van der Waals surface area contributed by atoms with Crippen LogP contribution in [0.1, 0.15) is 16.2 Å². The number of fused-ring (bicyclic) bond motifs is 1. The molecule has 0 aromatic carbocycles. The molecule has 1 amide bonds. The number of amides is 1. The molecule has 5 nitrogen and oxygen atoms in total. The van der Waals surface area contributed by atoms with Gasteiger partial charge in [-0.2, -0.15) is 0 Å². The van der Waals surface area contributed by atoms with Crippen molar-refractivity contribution in [2.24, 2.45) is 0 Å². The van der Waals surface area contributed by atoms with Crippen molar-refractivity contribution in [3.05, 3.63) is 35.2 Å². The van der Waals surface area contributed by atoms with Gasteiger partial charge in [0.2, 0.25) is 0 Å². The number of nitrogens with zero attached hydrogens (tertiary/aromatic N) is 1.